The van der Waals surface area contributed by atoms with Gasteiger partial charge in [0.1, 0.15) is 0 Å². The van der Waals surface area contributed by atoms with Gasteiger partial charge in [0.2, 0.25) is 0 Å². The van der Waals surface area contributed by atoms with E-state index in [-0.39, 0.29) is 0 Å². The molecule has 0 bridgehead atoms. The molecule has 7 rings (SSSR count). The lowest BCUT2D eigenvalue weighted by Gasteiger charge is -2.07. The van der Waals surface area contributed by atoms with Gasteiger partial charge in [-0.2, -0.15) is 0 Å². The summed E-state index contributed by atoms with van der Waals surface area (Å²) in [5.41, 5.74) is 0. The van der Waals surface area contributed by atoms with Gasteiger partial charge in [-0.1, -0.05) is 91.0 Å². The van der Waals surface area contributed by atoms with Crippen molar-refractivity contribution in [3.05, 3.63) is 97.1 Å². The van der Waals surface area contributed by atoms with Gasteiger partial charge in [0.25, 0.3) is 0 Å². The molecule has 0 aliphatic heterocycles. The fourth-order valence-electron chi connectivity index (χ4n) is 4.91. The summed E-state index contributed by atoms with van der Waals surface area (Å²) < 4.78 is 2.76. The fraction of sp³-hybridized carbons (Fsp3) is 0. The Labute approximate surface area is 171 Å². The third kappa shape index (κ3) is 2.03. The van der Waals surface area contributed by atoms with Crippen LogP contribution in [0.5, 0.6) is 0 Å². The van der Waals surface area contributed by atoms with Crippen LogP contribution in [-0.4, -0.2) is 0 Å². The maximum absolute atomic E-state index is 2.33. The predicted molar refractivity (Wildman–Crippen MR) is 129 cm³/mol. The van der Waals surface area contributed by atoms with Crippen LogP contribution in [0.1, 0.15) is 0 Å². The molecule has 1 heteroatoms. The second-order valence-corrected chi connectivity index (χ2v) is 8.80. The summed E-state index contributed by atoms with van der Waals surface area (Å²) in [5.74, 6) is 0. The highest BCUT2D eigenvalue weighted by Gasteiger charge is 2.14. The third-order valence-electron chi connectivity index (χ3n) is 6.22. The Morgan fingerprint density at radius 1 is 0.379 bits per heavy atom. The van der Waals surface area contributed by atoms with Crippen molar-refractivity contribution in [2.75, 3.05) is 0 Å². The Kier molecular flexibility index (Phi) is 2.97. The minimum absolute atomic E-state index is 1.30. The second kappa shape index (κ2) is 5.56. The van der Waals surface area contributed by atoms with Crippen LogP contribution in [0, 0.1) is 0 Å². The first-order chi connectivity index (χ1) is 14.4. The third-order valence-corrected chi connectivity index (χ3v) is 7.40. The molecule has 29 heavy (non-hydrogen) atoms. The summed E-state index contributed by atoms with van der Waals surface area (Å²) in [7, 11) is 0. The van der Waals surface area contributed by atoms with Gasteiger partial charge in [0.05, 0.1) is 0 Å². The maximum atomic E-state index is 2.33. The smallest absolute Gasteiger partial charge is 0.0440 e. The van der Waals surface area contributed by atoms with Crippen molar-refractivity contribution in [2.24, 2.45) is 0 Å². The Morgan fingerprint density at radius 3 is 1.69 bits per heavy atom. The minimum Gasteiger partial charge on any atom is -0.134 e. The molecular formula is C28H16S. The van der Waals surface area contributed by atoms with E-state index in [9.17, 15) is 0 Å². The average Bonchev–Trinajstić information content (AvgIpc) is 3.17. The maximum Gasteiger partial charge on any atom is 0.0440 e. The van der Waals surface area contributed by atoms with Crippen LogP contribution in [0.2, 0.25) is 0 Å². The van der Waals surface area contributed by atoms with E-state index < -0.39 is 0 Å². The first-order valence-electron chi connectivity index (χ1n) is 9.96. The lowest BCUT2D eigenvalue weighted by Crippen LogP contribution is -1.80. The van der Waals surface area contributed by atoms with E-state index in [4.69, 9.17) is 0 Å². The summed E-state index contributed by atoms with van der Waals surface area (Å²) in [5, 5.41) is 13.5. The van der Waals surface area contributed by atoms with E-state index in [0.29, 0.717) is 0 Å². The SMILES string of the molecule is c1ccc2c(c1)ccc1ccc3c(sc4ccc5ccc6ccccc6c5c43)c12. The van der Waals surface area contributed by atoms with Crippen molar-refractivity contribution in [2.45, 2.75) is 0 Å². The normalized spacial score (nSPS) is 12.1. The van der Waals surface area contributed by atoms with Crippen LogP contribution in [0.25, 0.3) is 63.3 Å². The van der Waals surface area contributed by atoms with Crippen LogP contribution in [0.3, 0.4) is 0 Å². The molecule has 0 saturated carbocycles. The summed E-state index contributed by atoms with van der Waals surface area (Å²) in [6.07, 6.45) is 0. The van der Waals surface area contributed by atoms with Gasteiger partial charge in [0.15, 0.2) is 0 Å². The molecule has 0 amide bonds. The van der Waals surface area contributed by atoms with Crippen LogP contribution in [-0.2, 0) is 0 Å². The van der Waals surface area contributed by atoms with Crippen molar-refractivity contribution in [3.63, 3.8) is 0 Å². The molecule has 0 N–H and O–H groups in total. The van der Waals surface area contributed by atoms with Gasteiger partial charge >= 0.3 is 0 Å². The fourth-order valence-corrected chi connectivity index (χ4v) is 6.19. The molecule has 0 radical (unpaired) electrons. The number of thiophene rings is 1. The van der Waals surface area contributed by atoms with E-state index in [1.165, 1.54) is 63.3 Å². The summed E-state index contributed by atoms with van der Waals surface area (Å²) in [6.45, 7) is 0. The van der Waals surface area contributed by atoms with E-state index >= 15 is 0 Å². The molecule has 1 aromatic heterocycles. The van der Waals surface area contributed by atoms with Gasteiger partial charge in [-0.25, -0.2) is 0 Å². The Bertz CT molecular complexity index is 1750. The van der Waals surface area contributed by atoms with E-state index in [1.807, 2.05) is 11.3 Å². The zero-order valence-corrected chi connectivity index (χ0v) is 16.5. The largest absolute Gasteiger partial charge is 0.134 e. The molecule has 0 atom stereocenters. The van der Waals surface area contributed by atoms with Crippen molar-refractivity contribution >= 4 is 74.6 Å². The molecular weight excluding hydrogens is 368 g/mol. The highest BCUT2D eigenvalue weighted by Crippen LogP contribution is 2.44. The zero-order valence-electron chi connectivity index (χ0n) is 15.6. The number of benzene rings is 6. The lowest BCUT2D eigenvalue weighted by molar-refractivity contribution is 1.80. The van der Waals surface area contributed by atoms with Gasteiger partial charge < -0.3 is 0 Å². The quantitative estimate of drug-likeness (QED) is 0.229. The van der Waals surface area contributed by atoms with Crippen molar-refractivity contribution in [3.8, 4) is 0 Å². The van der Waals surface area contributed by atoms with E-state index in [1.54, 1.807) is 0 Å². The van der Waals surface area contributed by atoms with E-state index in [0.717, 1.165) is 0 Å². The monoisotopic (exact) mass is 384 g/mol. The first-order valence-corrected chi connectivity index (χ1v) is 10.8. The lowest BCUT2D eigenvalue weighted by atomic mass is 9.96. The summed E-state index contributed by atoms with van der Waals surface area (Å²) >= 11 is 1.93. The van der Waals surface area contributed by atoms with Crippen molar-refractivity contribution in [1.82, 2.24) is 0 Å². The number of hydrogen-bond acceptors (Lipinski definition) is 1. The molecule has 0 fully saturated rings. The number of hydrogen-bond donors (Lipinski definition) is 0. The average molecular weight is 385 g/mol. The van der Waals surface area contributed by atoms with Gasteiger partial charge in [-0.3, -0.25) is 0 Å². The molecule has 7 aromatic rings. The molecule has 6 aromatic carbocycles. The summed E-state index contributed by atoms with van der Waals surface area (Å²) in [6, 6.07) is 35.7. The molecule has 0 unspecified atom stereocenters. The topological polar surface area (TPSA) is 0 Å². The molecule has 134 valence electrons. The number of fused-ring (bicyclic) bond motifs is 11. The Balaban J connectivity index is 1.80. The Hall–Kier alpha value is -3.42. The highest BCUT2D eigenvalue weighted by molar-refractivity contribution is 7.27. The van der Waals surface area contributed by atoms with Crippen molar-refractivity contribution in [1.29, 1.82) is 0 Å². The molecule has 0 aliphatic rings. The minimum atomic E-state index is 1.30. The van der Waals surface area contributed by atoms with Gasteiger partial charge in [-0.15, -0.1) is 11.3 Å². The highest BCUT2D eigenvalue weighted by atomic mass is 32.1. The standard InChI is InChI=1S/C28H16S/c1-3-7-21-17(5-1)9-11-19-14-16-24-27(25(19)21)23-15-13-20-12-10-18-6-2-4-8-22(18)26(20)28(23)29-24/h1-16H. The van der Waals surface area contributed by atoms with Crippen LogP contribution >= 0.6 is 11.3 Å². The molecule has 0 spiro atoms. The van der Waals surface area contributed by atoms with Gasteiger partial charge in [0, 0.05) is 25.6 Å². The van der Waals surface area contributed by atoms with E-state index in [2.05, 4.69) is 97.1 Å². The second-order valence-electron chi connectivity index (χ2n) is 7.75. The van der Waals surface area contributed by atoms with Crippen LogP contribution in [0.15, 0.2) is 97.1 Å². The molecule has 0 nitrogen and oxygen atoms in total. The summed E-state index contributed by atoms with van der Waals surface area (Å²) in [4.78, 5) is 0. The Morgan fingerprint density at radius 2 is 0.931 bits per heavy atom. The van der Waals surface area contributed by atoms with Crippen LogP contribution in [0.4, 0.5) is 0 Å². The zero-order chi connectivity index (χ0) is 18.9. The van der Waals surface area contributed by atoms with Crippen molar-refractivity contribution < 1.29 is 0 Å². The molecule has 0 aliphatic carbocycles. The number of rotatable bonds is 0. The first kappa shape index (κ1) is 15.5. The van der Waals surface area contributed by atoms with Gasteiger partial charge in [-0.05, 0) is 43.8 Å². The van der Waals surface area contributed by atoms with Crippen LogP contribution < -0.4 is 0 Å². The molecule has 0 saturated heterocycles. The predicted octanol–water partition coefficient (Wildman–Crippen LogP) is 8.67. The molecule has 1 heterocycles.